The molecule has 6 heteroatoms. The Morgan fingerprint density at radius 1 is 1.07 bits per heavy atom. The normalized spacial score (nSPS) is 12.8. The molecule has 2 aromatic carbocycles. The zero-order chi connectivity index (χ0) is 20.2. The number of fused-ring (bicyclic) bond motifs is 1. The molecule has 3 aromatic rings. The average molecular weight is 389 g/mol. The number of amides is 1. The predicted molar refractivity (Wildman–Crippen MR) is 113 cm³/mol. The minimum absolute atomic E-state index is 0.202. The highest BCUT2D eigenvalue weighted by molar-refractivity contribution is 6.02. The van der Waals surface area contributed by atoms with Crippen LogP contribution in [-0.4, -0.2) is 29.9 Å². The van der Waals surface area contributed by atoms with Crippen LogP contribution >= 0.6 is 0 Å². The van der Waals surface area contributed by atoms with E-state index in [0.717, 1.165) is 47.6 Å². The smallest absolute Gasteiger partial charge is 0.249 e. The van der Waals surface area contributed by atoms with Gasteiger partial charge in [-0.15, -0.1) is 0 Å². The summed E-state index contributed by atoms with van der Waals surface area (Å²) in [5.41, 5.74) is 3.97. The van der Waals surface area contributed by atoms with Gasteiger partial charge in [-0.05, 0) is 55.2 Å². The lowest BCUT2D eigenvalue weighted by molar-refractivity contribution is -0.111. The van der Waals surface area contributed by atoms with Gasteiger partial charge in [0, 0.05) is 11.6 Å². The van der Waals surface area contributed by atoms with Gasteiger partial charge in [-0.25, -0.2) is 4.68 Å². The summed E-state index contributed by atoms with van der Waals surface area (Å²) in [6, 6.07) is 15.4. The second-order valence-electron chi connectivity index (χ2n) is 6.81. The number of aromatic nitrogens is 2. The van der Waals surface area contributed by atoms with Crippen LogP contribution in [0.3, 0.4) is 0 Å². The molecular formula is C23H23N3O3. The molecule has 1 amide bonds. The van der Waals surface area contributed by atoms with E-state index in [9.17, 15) is 4.79 Å². The molecule has 1 aliphatic carbocycles. The lowest BCUT2D eigenvalue weighted by Gasteiger charge is -2.10. The molecule has 0 saturated heterocycles. The van der Waals surface area contributed by atoms with Gasteiger partial charge in [0.2, 0.25) is 5.91 Å². The lowest BCUT2D eigenvalue weighted by Crippen LogP contribution is -2.13. The van der Waals surface area contributed by atoms with Crippen LogP contribution in [0.4, 0.5) is 5.82 Å². The Morgan fingerprint density at radius 3 is 2.62 bits per heavy atom. The molecule has 29 heavy (non-hydrogen) atoms. The van der Waals surface area contributed by atoms with E-state index in [2.05, 4.69) is 5.32 Å². The molecule has 0 saturated carbocycles. The molecule has 6 nitrogen and oxygen atoms in total. The van der Waals surface area contributed by atoms with Gasteiger partial charge in [0.05, 0.1) is 25.6 Å². The highest BCUT2D eigenvalue weighted by Crippen LogP contribution is 2.31. The summed E-state index contributed by atoms with van der Waals surface area (Å²) in [7, 11) is 3.18. The third-order valence-electron chi connectivity index (χ3n) is 4.98. The van der Waals surface area contributed by atoms with Crippen molar-refractivity contribution >= 4 is 17.8 Å². The van der Waals surface area contributed by atoms with Gasteiger partial charge in [-0.3, -0.25) is 4.79 Å². The van der Waals surface area contributed by atoms with Crippen LogP contribution < -0.4 is 14.8 Å². The van der Waals surface area contributed by atoms with Crippen molar-refractivity contribution in [1.82, 2.24) is 9.78 Å². The number of anilines is 1. The second kappa shape index (κ2) is 8.22. The summed E-state index contributed by atoms with van der Waals surface area (Å²) >= 11 is 0. The Labute approximate surface area is 169 Å². The van der Waals surface area contributed by atoms with Gasteiger partial charge < -0.3 is 14.8 Å². The van der Waals surface area contributed by atoms with Crippen molar-refractivity contribution in [3.63, 3.8) is 0 Å². The number of hydrogen-bond donors (Lipinski definition) is 1. The van der Waals surface area contributed by atoms with Crippen LogP contribution in [0.15, 0.2) is 54.6 Å². The summed E-state index contributed by atoms with van der Waals surface area (Å²) in [6.45, 7) is 0. The zero-order valence-corrected chi connectivity index (χ0v) is 16.5. The Balaban J connectivity index is 1.57. The second-order valence-corrected chi connectivity index (χ2v) is 6.81. The molecule has 0 unspecified atom stereocenters. The number of hydrogen-bond acceptors (Lipinski definition) is 4. The quantitative estimate of drug-likeness (QED) is 0.647. The Hall–Kier alpha value is -3.54. The van der Waals surface area contributed by atoms with E-state index in [-0.39, 0.29) is 5.91 Å². The van der Waals surface area contributed by atoms with E-state index >= 15 is 0 Å². The molecule has 0 bridgehead atoms. The van der Waals surface area contributed by atoms with Crippen LogP contribution in [0.25, 0.3) is 11.8 Å². The molecule has 1 aromatic heterocycles. The predicted octanol–water partition coefficient (Wildman–Crippen LogP) is 4.03. The van der Waals surface area contributed by atoms with Gasteiger partial charge in [0.1, 0.15) is 5.82 Å². The first-order valence-electron chi connectivity index (χ1n) is 9.57. The summed E-state index contributed by atoms with van der Waals surface area (Å²) < 4.78 is 12.4. The van der Waals surface area contributed by atoms with E-state index in [1.54, 1.807) is 20.3 Å². The first kappa shape index (κ1) is 18.8. The van der Waals surface area contributed by atoms with Gasteiger partial charge in [0.25, 0.3) is 0 Å². The van der Waals surface area contributed by atoms with Crippen LogP contribution in [0, 0.1) is 0 Å². The molecule has 1 N–H and O–H groups in total. The molecule has 0 spiro atoms. The zero-order valence-electron chi connectivity index (χ0n) is 16.5. The van der Waals surface area contributed by atoms with Crippen LogP contribution in [0.2, 0.25) is 0 Å². The number of nitrogens with zero attached hydrogens (tertiary/aromatic N) is 2. The van der Waals surface area contributed by atoms with Crippen molar-refractivity contribution in [3.05, 3.63) is 71.4 Å². The minimum atomic E-state index is -0.202. The van der Waals surface area contributed by atoms with Gasteiger partial charge >= 0.3 is 0 Å². The lowest BCUT2D eigenvalue weighted by atomic mass is 10.2. The maximum Gasteiger partial charge on any atom is 0.249 e. The number of benzene rings is 2. The molecule has 0 atom stereocenters. The van der Waals surface area contributed by atoms with E-state index in [1.807, 2.05) is 53.2 Å². The number of methoxy groups -OCH3 is 2. The highest BCUT2D eigenvalue weighted by atomic mass is 16.5. The number of aryl methyl sites for hydroxylation is 1. The Bertz CT molecular complexity index is 1050. The number of rotatable bonds is 6. The average Bonchev–Trinajstić information content (AvgIpc) is 3.35. The van der Waals surface area contributed by atoms with Crippen LogP contribution in [0.1, 0.15) is 23.2 Å². The maximum absolute atomic E-state index is 12.6. The Morgan fingerprint density at radius 2 is 1.86 bits per heavy atom. The molecule has 0 fully saturated rings. The van der Waals surface area contributed by atoms with Crippen LogP contribution in [0.5, 0.6) is 11.5 Å². The minimum Gasteiger partial charge on any atom is -0.493 e. The summed E-state index contributed by atoms with van der Waals surface area (Å²) in [6.07, 6.45) is 6.21. The summed E-state index contributed by atoms with van der Waals surface area (Å²) in [5.74, 6) is 1.82. The van der Waals surface area contributed by atoms with E-state index in [4.69, 9.17) is 14.6 Å². The van der Waals surface area contributed by atoms with Gasteiger partial charge in [0.15, 0.2) is 11.5 Å². The molecule has 1 aliphatic rings. The van der Waals surface area contributed by atoms with Crippen molar-refractivity contribution < 1.29 is 14.3 Å². The number of nitrogens with one attached hydrogen (secondary N) is 1. The molecule has 1 heterocycles. The van der Waals surface area contributed by atoms with Crippen molar-refractivity contribution in [1.29, 1.82) is 0 Å². The number of carbonyl (C=O) groups excluding carboxylic acids is 1. The van der Waals surface area contributed by atoms with E-state index in [1.165, 1.54) is 6.08 Å². The molecule has 0 aliphatic heterocycles. The SMILES string of the molecule is COc1ccc(C=CC(=O)Nc2c3c(nn2-c2ccccc2)CCC3)cc1OC. The monoisotopic (exact) mass is 389 g/mol. The number of ether oxygens (including phenoxy) is 2. The fourth-order valence-electron chi connectivity index (χ4n) is 3.56. The van der Waals surface area contributed by atoms with E-state index < -0.39 is 0 Å². The molecular weight excluding hydrogens is 366 g/mol. The highest BCUT2D eigenvalue weighted by Gasteiger charge is 2.23. The van der Waals surface area contributed by atoms with E-state index in [0.29, 0.717) is 11.5 Å². The Kier molecular flexibility index (Phi) is 5.33. The van der Waals surface area contributed by atoms with Crippen molar-refractivity contribution in [2.45, 2.75) is 19.3 Å². The van der Waals surface area contributed by atoms with Crippen molar-refractivity contribution in [2.24, 2.45) is 0 Å². The van der Waals surface area contributed by atoms with Gasteiger partial charge in [-0.1, -0.05) is 24.3 Å². The van der Waals surface area contributed by atoms with Gasteiger partial charge in [-0.2, -0.15) is 5.10 Å². The molecule has 0 radical (unpaired) electrons. The number of carbonyl (C=O) groups is 1. The fourth-order valence-corrected chi connectivity index (χ4v) is 3.56. The molecule has 4 rings (SSSR count). The van der Waals surface area contributed by atoms with Crippen molar-refractivity contribution in [2.75, 3.05) is 19.5 Å². The maximum atomic E-state index is 12.6. The molecule has 148 valence electrons. The van der Waals surface area contributed by atoms with Crippen molar-refractivity contribution in [3.8, 4) is 17.2 Å². The summed E-state index contributed by atoms with van der Waals surface area (Å²) in [5, 5.41) is 7.75. The summed E-state index contributed by atoms with van der Waals surface area (Å²) in [4.78, 5) is 12.6. The third-order valence-corrected chi connectivity index (χ3v) is 4.98. The first-order valence-corrected chi connectivity index (χ1v) is 9.57. The third kappa shape index (κ3) is 3.87. The largest absolute Gasteiger partial charge is 0.493 e. The first-order chi connectivity index (χ1) is 14.2. The number of para-hydroxylation sites is 1. The fraction of sp³-hybridized carbons (Fsp3) is 0.217. The standard InChI is InChI=1S/C23H23N3O3/c1-28-20-13-11-16(15-21(20)29-2)12-14-22(27)24-23-18-9-6-10-19(18)25-26(23)17-7-4-3-5-8-17/h3-5,7-8,11-15H,6,9-10H2,1-2H3,(H,24,27). The van der Waals surface area contributed by atoms with Crippen LogP contribution in [-0.2, 0) is 17.6 Å². The topological polar surface area (TPSA) is 65.4 Å².